The maximum atomic E-state index is 12.7. The van der Waals surface area contributed by atoms with E-state index in [2.05, 4.69) is 26.7 Å². The van der Waals surface area contributed by atoms with Crippen LogP contribution in [0, 0.1) is 0 Å². The largest absolute Gasteiger partial charge is 0.304 e. The van der Waals surface area contributed by atoms with Crippen molar-refractivity contribution < 1.29 is 8.42 Å². The van der Waals surface area contributed by atoms with Crippen LogP contribution >= 0.6 is 0 Å². The number of fused-ring (bicyclic) bond motifs is 1. The predicted octanol–water partition coefficient (Wildman–Crippen LogP) is 3.08. The minimum atomic E-state index is -3.56. The molecule has 0 saturated carbocycles. The van der Waals surface area contributed by atoms with Crippen LogP contribution < -0.4 is 4.72 Å². The number of aromatic nitrogens is 1. The standard InChI is InChI=1S/C21H25N3O2S/c1-17(16-24(2)13-11-18-6-4-3-5-7-18)23-27(25,26)21-9-8-20-15-22-12-10-19(20)14-21/h3-10,12,14-15,17,23H,11,13,16H2,1-2H3. The molecule has 0 radical (unpaired) electrons. The van der Waals surface area contributed by atoms with Gasteiger partial charge in [0.05, 0.1) is 4.90 Å². The van der Waals surface area contributed by atoms with Crippen LogP contribution in [-0.2, 0) is 16.4 Å². The van der Waals surface area contributed by atoms with E-state index in [0.717, 1.165) is 23.7 Å². The Balaban J connectivity index is 1.58. The van der Waals surface area contributed by atoms with Crippen LogP contribution in [0.2, 0.25) is 0 Å². The zero-order valence-corrected chi connectivity index (χ0v) is 16.5. The van der Waals surface area contributed by atoms with E-state index >= 15 is 0 Å². The van der Waals surface area contributed by atoms with Gasteiger partial charge in [-0.3, -0.25) is 4.98 Å². The molecule has 1 atom stereocenters. The average Bonchev–Trinajstić information content (AvgIpc) is 2.66. The van der Waals surface area contributed by atoms with Gasteiger partial charge in [0, 0.05) is 36.9 Å². The number of sulfonamides is 1. The highest BCUT2D eigenvalue weighted by Gasteiger charge is 2.18. The van der Waals surface area contributed by atoms with E-state index in [-0.39, 0.29) is 10.9 Å². The molecule has 0 aliphatic rings. The number of benzene rings is 2. The molecular formula is C21H25N3O2S. The summed E-state index contributed by atoms with van der Waals surface area (Å²) in [5, 5.41) is 1.78. The predicted molar refractivity (Wildman–Crippen MR) is 109 cm³/mol. The first-order chi connectivity index (χ1) is 12.9. The smallest absolute Gasteiger partial charge is 0.240 e. The van der Waals surface area contributed by atoms with E-state index in [9.17, 15) is 8.42 Å². The van der Waals surface area contributed by atoms with Gasteiger partial charge in [0.2, 0.25) is 10.0 Å². The number of nitrogens with zero attached hydrogens (tertiary/aromatic N) is 2. The van der Waals surface area contributed by atoms with Crippen molar-refractivity contribution in [1.82, 2.24) is 14.6 Å². The number of pyridine rings is 1. The Morgan fingerprint density at radius 2 is 1.85 bits per heavy atom. The van der Waals surface area contributed by atoms with Crippen molar-refractivity contribution in [3.05, 3.63) is 72.6 Å². The van der Waals surface area contributed by atoms with Crippen molar-refractivity contribution in [3.63, 3.8) is 0 Å². The zero-order chi connectivity index (χ0) is 19.3. The summed E-state index contributed by atoms with van der Waals surface area (Å²) in [4.78, 5) is 6.48. The normalized spacial score (nSPS) is 13.1. The highest BCUT2D eigenvalue weighted by molar-refractivity contribution is 7.89. The minimum Gasteiger partial charge on any atom is -0.304 e. The van der Waals surface area contributed by atoms with Crippen LogP contribution in [0.25, 0.3) is 10.8 Å². The van der Waals surface area contributed by atoms with Gasteiger partial charge in [0.1, 0.15) is 0 Å². The van der Waals surface area contributed by atoms with Gasteiger partial charge in [-0.1, -0.05) is 36.4 Å². The van der Waals surface area contributed by atoms with Crippen molar-refractivity contribution in [1.29, 1.82) is 0 Å². The van der Waals surface area contributed by atoms with Crippen LogP contribution in [0.1, 0.15) is 12.5 Å². The van der Waals surface area contributed by atoms with Crippen LogP contribution in [0.3, 0.4) is 0 Å². The van der Waals surface area contributed by atoms with Crippen molar-refractivity contribution in [3.8, 4) is 0 Å². The molecule has 142 valence electrons. The molecule has 2 aromatic carbocycles. The molecule has 1 unspecified atom stereocenters. The lowest BCUT2D eigenvalue weighted by Gasteiger charge is -2.22. The lowest BCUT2D eigenvalue weighted by Crippen LogP contribution is -2.41. The van der Waals surface area contributed by atoms with Crippen LogP contribution in [0.5, 0.6) is 0 Å². The summed E-state index contributed by atoms with van der Waals surface area (Å²) < 4.78 is 28.2. The molecular weight excluding hydrogens is 358 g/mol. The second-order valence-electron chi connectivity index (χ2n) is 6.90. The van der Waals surface area contributed by atoms with Crippen molar-refractivity contribution >= 4 is 20.8 Å². The Morgan fingerprint density at radius 1 is 1.07 bits per heavy atom. The molecule has 3 rings (SSSR count). The third kappa shape index (κ3) is 5.35. The SMILES string of the molecule is CC(CN(C)CCc1ccccc1)NS(=O)(=O)c1ccc2cnccc2c1. The summed E-state index contributed by atoms with van der Waals surface area (Å²) in [6, 6.07) is 17.0. The Labute approximate surface area is 161 Å². The van der Waals surface area contributed by atoms with E-state index in [4.69, 9.17) is 0 Å². The van der Waals surface area contributed by atoms with E-state index in [0.29, 0.717) is 6.54 Å². The Morgan fingerprint density at radius 3 is 2.63 bits per heavy atom. The summed E-state index contributed by atoms with van der Waals surface area (Å²) in [5.74, 6) is 0. The second kappa shape index (κ2) is 8.61. The van der Waals surface area contributed by atoms with Gasteiger partial charge in [0.15, 0.2) is 0 Å². The van der Waals surface area contributed by atoms with Gasteiger partial charge in [-0.25, -0.2) is 13.1 Å². The average molecular weight is 384 g/mol. The molecule has 27 heavy (non-hydrogen) atoms. The summed E-state index contributed by atoms with van der Waals surface area (Å²) in [6.45, 7) is 3.41. The number of hydrogen-bond acceptors (Lipinski definition) is 4. The van der Waals surface area contributed by atoms with Crippen molar-refractivity contribution in [2.24, 2.45) is 0 Å². The maximum absolute atomic E-state index is 12.7. The van der Waals surface area contributed by atoms with E-state index < -0.39 is 10.0 Å². The van der Waals surface area contributed by atoms with Crippen LogP contribution in [0.4, 0.5) is 0 Å². The fourth-order valence-corrected chi connectivity index (χ4v) is 4.39. The summed E-state index contributed by atoms with van der Waals surface area (Å²) in [6.07, 6.45) is 4.33. The van der Waals surface area contributed by atoms with Gasteiger partial charge >= 0.3 is 0 Å². The molecule has 1 aromatic heterocycles. The molecule has 0 amide bonds. The number of likely N-dealkylation sites (N-methyl/N-ethyl adjacent to an activating group) is 1. The molecule has 3 aromatic rings. The molecule has 0 fully saturated rings. The first-order valence-electron chi connectivity index (χ1n) is 9.02. The fourth-order valence-electron chi connectivity index (χ4n) is 3.12. The Kier molecular flexibility index (Phi) is 6.21. The second-order valence-corrected chi connectivity index (χ2v) is 8.62. The van der Waals surface area contributed by atoms with Gasteiger partial charge < -0.3 is 4.90 Å². The first kappa shape index (κ1) is 19.5. The highest BCUT2D eigenvalue weighted by atomic mass is 32.2. The molecule has 0 bridgehead atoms. The van der Waals surface area contributed by atoms with Crippen molar-refractivity contribution in [2.75, 3.05) is 20.1 Å². The zero-order valence-electron chi connectivity index (χ0n) is 15.7. The van der Waals surface area contributed by atoms with Crippen LogP contribution in [0.15, 0.2) is 71.9 Å². The molecule has 0 spiro atoms. The van der Waals surface area contributed by atoms with Gasteiger partial charge in [-0.2, -0.15) is 0 Å². The Hall–Kier alpha value is -2.28. The molecule has 5 nitrogen and oxygen atoms in total. The molecule has 0 aliphatic carbocycles. The van der Waals surface area contributed by atoms with Crippen molar-refractivity contribution in [2.45, 2.75) is 24.3 Å². The quantitative estimate of drug-likeness (QED) is 0.649. The van der Waals surface area contributed by atoms with E-state index in [1.54, 1.807) is 30.6 Å². The molecule has 0 aliphatic heterocycles. The summed E-state index contributed by atoms with van der Waals surface area (Å²) in [5.41, 5.74) is 1.28. The topological polar surface area (TPSA) is 62.3 Å². The Bertz CT molecular complexity index is 990. The lowest BCUT2D eigenvalue weighted by atomic mass is 10.1. The summed E-state index contributed by atoms with van der Waals surface area (Å²) in [7, 11) is -1.55. The molecule has 0 saturated heterocycles. The number of rotatable bonds is 8. The van der Waals surface area contributed by atoms with Gasteiger partial charge in [0.25, 0.3) is 0 Å². The molecule has 6 heteroatoms. The van der Waals surface area contributed by atoms with E-state index in [1.165, 1.54) is 5.56 Å². The molecule has 1 N–H and O–H groups in total. The highest BCUT2D eigenvalue weighted by Crippen LogP contribution is 2.18. The number of nitrogens with one attached hydrogen (secondary N) is 1. The van der Waals surface area contributed by atoms with Crippen LogP contribution in [-0.4, -0.2) is 44.5 Å². The van der Waals surface area contributed by atoms with Gasteiger partial charge in [-0.05, 0) is 49.5 Å². The maximum Gasteiger partial charge on any atom is 0.240 e. The lowest BCUT2D eigenvalue weighted by molar-refractivity contribution is 0.313. The first-order valence-corrected chi connectivity index (χ1v) is 10.5. The number of hydrogen-bond donors (Lipinski definition) is 1. The molecule has 1 heterocycles. The minimum absolute atomic E-state index is 0.191. The van der Waals surface area contributed by atoms with E-state index in [1.807, 2.05) is 38.2 Å². The monoisotopic (exact) mass is 383 g/mol. The third-order valence-electron chi connectivity index (χ3n) is 4.49. The fraction of sp³-hybridized carbons (Fsp3) is 0.286. The third-order valence-corrected chi connectivity index (χ3v) is 6.08. The summed E-state index contributed by atoms with van der Waals surface area (Å²) >= 11 is 0. The van der Waals surface area contributed by atoms with Gasteiger partial charge in [-0.15, -0.1) is 0 Å².